The van der Waals surface area contributed by atoms with Gasteiger partial charge in [0.25, 0.3) is 0 Å². The summed E-state index contributed by atoms with van der Waals surface area (Å²) in [5, 5.41) is 3.37. The van der Waals surface area contributed by atoms with Gasteiger partial charge in [0.15, 0.2) is 0 Å². The van der Waals surface area contributed by atoms with Gasteiger partial charge in [0.1, 0.15) is 0 Å². The first kappa shape index (κ1) is 14.7. The highest BCUT2D eigenvalue weighted by Crippen LogP contribution is 2.29. The molecule has 1 saturated carbocycles. The van der Waals surface area contributed by atoms with E-state index in [9.17, 15) is 4.79 Å². The van der Waals surface area contributed by atoms with Crippen LogP contribution < -0.4 is 11.1 Å². The lowest BCUT2D eigenvalue weighted by Gasteiger charge is -2.36. The molecule has 5 heteroatoms. The highest BCUT2D eigenvalue weighted by molar-refractivity contribution is 5.96. The van der Waals surface area contributed by atoms with E-state index >= 15 is 0 Å². The number of esters is 1. The summed E-state index contributed by atoms with van der Waals surface area (Å²) in [7, 11) is 0. The van der Waals surface area contributed by atoms with Crippen LogP contribution >= 0.6 is 0 Å². The second-order valence-corrected chi connectivity index (χ2v) is 4.92. The first-order valence-electron chi connectivity index (χ1n) is 7.08. The van der Waals surface area contributed by atoms with Gasteiger partial charge in [-0.25, -0.2) is 4.79 Å². The molecule has 5 nitrogen and oxygen atoms in total. The van der Waals surface area contributed by atoms with E-state index in [1.165, 1.54) is 0 Å². The molecule has 0 unspecified atom stereocenters. The lowest BCUT2D eigenvalue weighted by Crippen LogP contribution is -2.41. The molecule has 3 N–H and O–H groups in total. The molecule has 0 heterocycles. The Morgan fingerprint density at radius 1 is 1.35 bits per heavy atom. The number of nitrogen functional groups attached to an aromatic ring is 1. The van der Waals surface area contributed by atoms with Crippen molar-refractivity contribution in [3.05, 3.63) is 23.8 Å². The third kappa shape index (κ3) is 3.42. The van der Waals surface area contributed by atoms with E-state index in [-0.39, 0.29) is 5.97 Å². The predicted octanol–water partition coefficient (Wildman–Crippen LogP) is 2.42. The first-order valence-corrected chi connectivity index (χ1v) is 7.08. The van der Waals surface area contributed by atoms with E-state index in [4.69, 9.17) is 15.2 Å². The zero-order chi connectivity index (χ0) is 14.5. The SMILES string of the molecule is CCOC(=O)c1cc(N)ccc1NC1CC(OCC)C1. The molecule has 1 fully saturated rings. The fourth-order valence-corrected chi connectivity index (χ4v) is 2.34. The quantitative estimate of drug-likeness (QED) is 0.617. The summed E-state index contributed by atoms with van der Waals surface area (Å²) in [6.07, 6.45) is 2.25. The molecule has 110 valence electrons. The molecular weight excluding hydrogens is 256 g/mol. The molecule has 1 aromatic carbocycles. The van der Waals surface area contributed by atoms with E-state index in [0.717, 1.165) is 25.1 Å². The predicted molar refractivity (Wildman–Crippen MR) is 78.9 cm³/mol. The van der Waals surface area contributed by atoms with E-state index in [1.54, 1.807) is 19.1 Å². The minimum atomic E-state index is -0.344. The summed E-state index contributed by atoms with van der Waals surface area (Å²) in [4.78, 5) is 11.9. The van der Waals surface area contributed by atoms with Crippen molar-refractivity contribution in [2.45, 2.75) is 38.8 Å². The third-order valence-electron chi connectivity index (χ3n) is 3.40. The maximum atomic E-state index is 11.9. The van der Waals surface area contributed by atoms with Crippen molar-refractivity contribution in [2.24, 2.45) is 0 Å². The van der Waals surface area contributed by atoms with Crippen LogP contribution in [0.1, 0.15) is 37.0 Å². The van der Waals surface area contributed by atoms with E-state index in [1.807, 2.05) is 13.0 Å². The maximum Gasteiger partial charge on any atom is 0.340 e. The number of carbonyl (C=O) groups excluding carboxylic acids is 1. The van der Waals surface area contributed by atoms with Crippen molar-refractivity contribution >= 4 is 17.3 Å². The number of hydrogen-bond donors (Lipinski definition) is 2. The summed E-state index contributed by atoms with van der Waals surface area (Å²) < 4.78 is 10.6. The highest BCUT2D eigenvalue weighted by Gasteiger charge is 2.30. The Bertz CT molecular complexity index is 470. The zero-order valence-electron chi connectivity index (χ0n) is 12.0. The fraction of sp³-hybridized carbons (Fsp3) is 0.533. The molecule has 0 saturated heterocycles. The van der Waals surface area contributed by atoms with Crippen LogP contribution in [0.15, 0.2) is 18.2 Å². The summed E-state index contributed by atoms with van der Waals surface area (Å²) in [5.74, 6) is -0.344. The molecule has 1 aliphatic carbocycles. The standard InChI is InChI=1S/C15H22N2O3/c1-3-19-12-8-11(9-12)17-14-6-5-10(16)7-13(14)15(18)20-4-2/h5-7,11-12,17H,3-4,8-9,16H2,1-2H3. The Morgan fingerprint density at radius 3 is 2.75 bits per heavy atom. The smallest absolute Gasteiger partial charge is 0.340 e. The average Bonchev–Trinajstić information content (AvgIpc) is 2.38. The zero-order valence-corrected chi connectivity index (χ0v) is 12.0. The van der Waals surface area contributed by atoms with Gasteiger partial charge >= 0.3 is 5.97 Å². The van der Waals surface area contributed by atoms with Gasteiger partial charge in [0.05, 0.1) is 18.3 Å². The van der Waals surface area contributed by atoms with Gasteiger partial charge in [-0.2, -0.15) is 0 Å². The number of rotatable bonds is 6. The maximum absolute atomic E-state index is 11.9. The number of ether oxygens (including phenoxy) is 2. The first-order chi connectivity index (χ1) is 9.63. The molecule has 1 aromatic rings. The van der Waals surface area contributed by atoms with E-state index in [0.29, 0.717) is 30.0 Å². The van der Waals surface area contributed by atoms with Gasteiger partial charge in [-0.15, -0.1) is 0 Å². The largest absolute Gasteiger partial charge is 0.462 e. The van der Waals surface area contributed by atoms with Crippen molar-refractivity contribution in [2.75, 3.05) is 24.3 Å². The third-order valence-corrected chi connectivity index (χ3v) is 3.40. The Morgan fingerprint density at radius 2 is 2.10 bits per heavy atom. The van der Waals surface area contributed by atoms with Crippen LogP contribution in [0.2, 0.25) is 0 Å². The number of benzene rings is 1. The van der Waals surface area contributed by atoms with Crippen molar-refractivity contribution in [1.82, 2.24) is 0 Å². The normalized spacial score (nSPS) is 21.1. The van der Waals surface area contributed by atoms with Gasteiger partial charge in [0, 0.05) is 24.0 Å². The lowest BCUT2D eigenvalue weighted by molar-refractivity contribution is 0.00298. The number of hydrogen-bond acceptors (Lipinski definition) is 5. The Hall–Kier alpha value is -1.75. The van der Waals surface area contributed by atoms with Crippen LogP contribution in [-0.4, -0.2) is 31.3 Å². The second-order valence-electron chi connectivity index (χ2n) is 4.92. The second kappa shape index (κ2) is 6.61. The molecule has 0 aromatic heterocycles. The van der Waals surface area contributed by atoms with Gasteiger partial charge < -0.3 is 20.5 Å². The van der Waals surface area contributed by atoms with Gasteiger partial charge in [0.2, 0.25) is 0 Å². The minimum Gasteiger partial charge on any atom is -0.462 e. The molecule has 20 heavy (non-hydrogen) atoms. The Balaban J connectivity index is 2.02. The van der Waals surface area contributed by atoms with Gasteiger partial charge in [-0.3, -0.25) is 0 Å². The molecule has 0 spiro atoms. The van der Waals surface area contributed by atoms with Crippen LogP contribution in [0.4, 0.5) is 11.4 Å². The van der Waals surface area contributed by atoms with Crippen LogP contribution in [0.25, 0.3) is 0 Å². The van der Waals surface area contributed by atoms with E-state index in [2.05, 4.69) is 5.32 Å². The van der Waals surface area contributed by atoms with Crippen LogP contribution in [0.5, 0.6) is 0 Å². The van der Waals surface area contributed by atoms with E-state index < -0.39 is 0 Å². The molecule has 0 atom stereocenters. The summed E-state index contributed by atoms with van der Waals surface area (Å²) in [6.45, 7) is 4.88. The Labute approximate surface area is 119 Å². The molecule has 0 aliphatic heterocycles. The minimum absolute atomic E-state index is 0.331. The topological polar surface area (TPSA) is 73.6 Å². The molecule has 0 bridgehead atoms. The van der Waals surface area contributed by atoms with Gasteiger partial charge in [-0.05, 0) is 44.9 Å². The fourth-order valence-electron chi connectivity index (χ4n) is 2.34. The average molecular weight is 278 g/mol. The Kier molecular flexibility index (Phi) is 4.84. The lowest BCUT2D eigenvalue weighted by atomic mass is 9.88. The monoisotopic (exact) mass is 278 g/mol. The summed E-state index contributed by atoms with van der Waals surface area (Å²) in [5.41, 5.74) is 7.57. The summed E-state index contributed by atoms with van der Waals surface area (Å²) >= 11 is 0. The van der Waals surface area contributed by atoms with Crippen molar-refractivity contribution in [3.63, 3.8) is 0 Å². The number of carbonyl (C=O) groups is 1. The molecule has 1 aliphatic rings. The summed E-state index contributed by atoms with van der Waals surface area (Å²) in [6, 6.07) is 5.60. The van der Waals surface area contributed by atoms with Crippen LogP contribution in [0, 0.1) is 0 Å². The number of nitrogens with two attached hydrogens (primary N) is 1. The van der Waals surface area contributed by atoms with Crippen LogP contribution in [0.3, 0.4) is 0 Å². The number of nitrogens with one attached hydrogen (secondary N) is 1. The van der Waals surface area contributed by atoms with Gasteiger partial charge in [-0.1, -0.05) is 0 Å². The highest BCUT2D eigenvalue weighted by atomic mass is 16.5. The van der Waals surface area contributed by atoms with Crippen molar-refractivity contribution < 1.29 is 14.3 Å². The molecule has 2 rings (SSSR count). The van der Waals surface area contributed by atoms with Crippen molar-refractivity contribution in [3.8, 4) is 0 Å². The molecule has 0 amide bonds. The number of anilines is 2. The molecule has 0 radical (unpaired) electrons. The molecular formula is C15H22N2O3. The van der Waals surface area contributed by atoms with Crippen molar-refractivity contribution in [1.29, 1.82) is 0 Å². The van der Waals surface area contributed by atoms with Crippen LogP contribution in [-0.2, 0) is 9.47 Å².